The van der Waals surface area contributed by atoms with Crippen molar-refractivity contribution in [3.05, 3.63) is 71.9 Å². The molecule has 0 bridgehead atoms. The molecule has 0 aliphatic heterocycles. The maximum absolute atomic E-state index is 10.3. The highest BCUT2D eigenvalue weighted by Gasteiger charge is 2.28. The highest BCUT2D eigenvalue weighted by Crippen LogP contribution is 2.28. The molecular weight excluding hydrogens is 352 g/mol. The number of hydrogen-bond donors (Lipinski definition) is 2. The number of aliphatic hydroxyl groups is 1. The first-order valence-electron chi connectivity index (χ1n) is 9.30. The van der Waals surface area contributed by atoms with E-state index in [4.69, 9.17) is 0 Å². The number of nitrogens with one attached hydrogen (secondary N) is 1. The van der Waals surface area contributed by atoms with Gasteiger partial charge in [-0.15, -0.1) is 0 Å². The molecule has 27 heavy (non-hydrogen) atoms. The molecule has 3 nitrogen and oxygen atoms in total. The topological polar surface area (TPSA) is 45.1 Å². The van der Waals surface area contributed by atoms with Gasteiger partial charge in [-0.05, 0) is 79.6 Å². The molecule has 0 unspecified atom stereocenters. The number of hydrogen-bond acceptors (Lipinski definition) is 4. The molecule has 0 radical (unpaired) electrons. The summed E-state index contributed by atoms with van der Waals surface area (Å²) in [6, 6.07) is 18.4. The van der Waals surface area contributed by atoms with Crippen LogP contribution in [-0.4, -0.2) is 15.7 Å². The molecule has 0 amide bonds. The SMILES string of the molecule is OC1(C#Cc2ccc(SNCc3ccnc4ccccc34)cc2)CCCC1. The minimum atomic E-state index is -0.776. The third-order valence-electron chi connectivity index (χ3n) is 4.92. The van der Waals surface area contributed by atoms with Gasteiger partial charge in [0.25, 0.3) is 0 Å². The van der Waals surface area contributed by atoms with Gasteiger partial charge in [0.2, 0.25) is 0 Å². The fourth-order valence-electron chi connectivity index (χ4n) is 3.39. The van der Waals surface area contributed by atoms with E-state index in [-0.39, 0.29) is 0 Å². The van der Waals surface area contributed by atoms with E-state index in [0.717, 1.165) is 48.2 Å². The van der Waals surface area contributed by atoms with Crippen LogP contribution in [0.5, 0.6) is 0 Å². The molecule has 1 fully saturated rings. The Kier molecular flexibility index (Phi) is 5.45. The molecule has 4 heteroatoms. The van der Waals surface area contributed by atoms with Gasteiger partial charge in [-0.1, -0.05) is 30.0 Å². The third kappa shape index (κ3) is 4.51. The zero-order valence-corrected chi connectivity index (χ0v) is 15.9. The highest BCUT2D eigenvalue weighted by molar-refractivity contribution is 7.97. The van der Waals surface area contributed by atoms with E-state index < -0.39 is 5.60 Å². The van der Waals surface area contributed by atoms with Crippen molar-refractivity contribution in [1.82, 2.24) is 9.71 Å². The van der Waals surface area contributed by atoms with Crippen LogP contribution in [0.2, 0.25) is 0 Å². The first kappa shape index (κ1) is 18.1. The van der Waals surface area contributed by atoms with E-state index >= 15 is 0 Å². The van der Waals surface area contributed by atoms with Crippen molar-refractivity contribution >= 4 is 22.9 Å². The average Bonchev–Trinajstić information content (AvgIpc) is 3.14. The molecule has 2 N–H and O–H groups in total. The van der Waals surface area contributed by atoms with Gasteiger partial charge in [0.05, 0.1) is 5.52 Å². The van der Waals surface area contributed by atoms with Crippen LogP contribution in [0.15, 0.2) is 65.7 Å². The number of benzene rings is 2. The van der Waals surface area contributed by atoms with Gasteiger partial charge in [0.1, 0.15) is 5.60 Å². The number of pyridine rings is 1. The molecule has 0 atom stereocenters. The van der Waals surface area contributed by atoms with E-state index in [1.54, 1.807) is 11.9 Å². The second kappa shape index (κ2) is 8.14. The van der Waals surface area contributed by atoms with Crippen LogP contribution in [0.1, 0.15) is 36.8 Å². The Morgan fingerprint density at radius 2 is 1.81 bits per heavy atom. The Balaban J connectivity index is 1.36. The maximum atomic E-state index is 10.3. The number of aromatic nitrogens is 1. The van der Waals surface area contributed by atoms with Crippen LogP contribution in [0.25, 0.3) is 10.9 Å². The van der Waals surface area contributed by atoms with E-state index in [1.807, 2.05) is 36.5 Å². The van der Waals surface area contributed by atoms with Crippen molar-refractivity contribution in [2.75, 3.05) is 0 Å². The summed E-state index contributed by atoms with van der Waals surface area (Å²) in [5.41, 5.74) is 2.43. The molecule has 136 valence electrons. The zero-order chi connectivity index (χ0) is 18.5. The molecule has 1 heterocycles. The van der Waals surface area contributed by atoms with Gasteiger partial charge >= 0.3 is 0 Å². The lowest BCUT2D eigenvalue weighted by Crippen LogP contribution is -2.20. The zero-order valence-electron chi connectivity index (χ0n) is 15.1. The Morgan fingerprint density at radius 3 is 2.63 bits per heavy atom. The summed E-state index contributed by atoms with van der Waals surface area (Å²) in [7, 11) is 0. The molecule has 1 saturated carbocycles. The average molecular weight is 375 g/mol. The van der Waals surface area contributed by atoms with Crippen molar-refractivity contribution in [2.45, 2.75) is 42.7 Å². The lowest BCUT2D eigenvalue weighted by molar-refractivity contribution is 0.110. The minimum Gasteiger partial charge on any atom is -0.378 e. The fraction of sp³-hybridized carbons (Fsp3) is 0.261. The largest absolute Gasteiger partial charge is 0.378 e. The van der Waals surface area contributed by atoms with Crippen molar-refractivity contribution in [1.29, 1.82) is 0 Å². The van der Waals surface area contributed by atoms with E-state index in [0.29, 0.717) is 0 Å². The monoisotopic (exact) mass is 374 g/mol. The summed E-state index contributed by atoms with van der Waals surface area (Å²) in [4.78, 5) is 5.54. The van der Waals surface area contributed by atoms with Crippen LogP contribution in [-0.2, 0) is 6.54 Å². The molecule has 4 rings (SSSR count). The van der Waals surface area contributed by atoms with E-state index in [2.05, 4.69) is 45.8 Å². The second-order valence-electron chi connectivity index (χ2n) is 6.92. The van der Waals surface area contributed by atoms with Gasteiger partial charge in [-0.2, -0.15) is 0 Å². The van der Waals surface area contributed by atoms with Crippen molar-refractivity contribution in [3.63, 3.8) is 0 Å². The molecular formula is C23H22N2OS. The summed E-state index contributed by atoms with van der Waals surface area (Å²) < 4.78 is 3.43. The van der Waals surface area contributed by atoms with Crippen LogP contribution in [0, 0.1) is 11.8 Å². The predicted octanol–water partition coefficient (Wildman–Crippen LogP) is 4.69. The molecule has 1 aromatic heterocycles. The summed E-state index contributed by atoms with van der Waals surface area (Å²) in [5.74, 6) is 6.17. The Labute approximate surface area is 164 Å². The number of fused-ring (bicyclic) bond motifs is 1. The van der Waals surface area contributed by atoms with Gasteiger partial charge in [0.15, 0.2) is 0 Å². The standard InChI is InChI=1S/C23H22N2OS/c26-23(13-3-4-14-23)15-11-18-7-9-20(10-8-18)27-25-17-19-12-16-24-22-6-2-1-5-21(19)22/h1-2,5-10,12,16,25-26H,3-4,13-14,17H2. The molecule has 0 spiro atoms. The van der Waals surface area contributed by atoms with Gasteiger partial charge in [-0.25, -0.2) is 0 Å². The summed E-state index contributed by atoms with van der Waals surface area (Å²) in [6.45, 7) is 0.766. The third-order valence-corrected chi connectivity index (χ3v) is 5.71. The van der Waals surface area contributed by atoms with Gasteiger partial charge < -0.3 is 5.11 Å². The van der Waals surface area contributed by atoms with Crippen molar-refractivity contribution in [3.8, 4) is 11.8 Å². The fourth-order valence-corrected chi connectivity index (χ4v) is 4.05. The smallest absolute Gasteiger partial charge is 0.125 e. The summed E-state index contributed by atoms with van der Waals surface area (Å²) in [5, 5.41) is 11.5. The number of nitrogens with zero attached hydrogens (tertiary/aromatic N) is 1. The lowest BCUT2D eigenvalue weighted by Gasteiger charge is -2.12. The van der Waals surface area contributed by atoms with Gasteiger partial charge in [0, 0.05) is 28.6 Å². The lowest BCUT2D eigenvalue weighted by atomic mass is 10.0. The first-order valence-corrected chi connectivity index (χ1v) is 10.1. The predicted molar refractivity (Wildman–Crippen MR) is 111 cm³/mol. The molecule has 2 aromatic carbocycles. The molecule has 3 aromatic rings. The summed E-state index contributed by atoms with van der Waals surface area (Å²) in [6.07, 6.45) is 5.58. The van der Waals surface area contributed by atoms with Crippen LogP contribution in [0.3, 0.4) is 0 Å². The quantitative estimate of drug-likeness (QED) is 0.514. The maximum Gasteiger partial charge on any atom is 0.125 e. The van der Waals surface area contributed by atoms with Crippen LogP contribution < -0.4 is 4.72 Å². The van der Waals surface area contributed by atoms with Crippen LogP contribution >= 0.6 is 11.9 Å². The second-order valence-corrected chi connectivity index (χ2v) is 7.89. The Morgan fingerprint density at radius 1 is 1.04 bits per heavy atom. The number of para-hydroxylation sites is 1. The normalized spacial score (nSPS) is 15.4. The van der Waals surface area contributed by atoms with Crippen LogP contribution in [0.4, 0.5) is 0 Å². The first-order chi connectivity index (χ1) is 13.2. The minimum absolute atomic E-state index is 0.766. The van der Waals surface area contributed by atoms with E-state index in [1.165, 1.54) is 10.9 Å². The number of rotatable bonds is 4. The Hall–Kier alpha value is -2.32. The Bertz CT molecular complexity index is 977. The van der Waals surface area contributed by atoms with Crippen molar-refractivity contribution < 1.29 is 5.11 Å². The molecule has 0 saturated heterocycles. The van der Waals surface area contributed by atoms with Crippen molar-refractivity contribution in [2.24, 2.45) is 0 Å². The van der Waals surface area contributed by atoms with E-state index in [9.17, 15) is 5.11 Å². The highest BCUT2D eigenvalue weighted by atomic mass is 32.2. The summed E-state index contributed by atoms with van der Waals surface area (Å²) >= 11 is 1.61. The van der Waals surface area contributed by atoms with Gasteiger partial charge in [-0.3, -0.25) is 9.71 Å². The molecule has 1 aliphatic rings. The molecule has 1 aliphatic carbocycles.